The van der Waals surface area contributed by atoms with Gasteiger partial charge in [0.1, 0.15) is 11.5 Å². The Bertz CT molecular complexity index is 1090. The van der Waals surface area contributed by atoms with Gasteiger partial charge in [-0.05, 0) is 29.1 Å². The molecule has 3 heterocycles. The highest BCUT2D eigenvalue weighted by molar-refractivity contribution is 7.13. The lowest BCUT2D eigenvalue weighted by atomic mass is 10.2. The molecule has 1 aromatic carbocycles. The smallest absolute Gasteiger partial charge is 0.259 e. The third-order valence-electron chi connectivity index (χ3n) is 4.41. The third kappa shape index (κ3) is 4.35. The topological polar surface area (TPSA) is 63.1 Å². The zero-order valence-corrected chi connectivity index (χ0v) is 17.1. The monoisotopic (exact) mass is 403 g/mol. The van der Waals surface area contributed by atoms with E-state index in [9.17, 15) is 4.79 Å². The summed E-state index contributed by atoms with van der Waals surface area (Å²) in [5.41, 5.74) is 3.00. The maximum atomic E-state index is 13.0. The molecule has 0 aliphatic rings. The van der Waals surface area contributed by atoms with Crippen LogP contribution in [0.25, 0.3) is 10.6 Å². The molecule has 0 radical (unpaired) electrons. The van der Waals surface area contributed by atoms with Crippen molar-refractivity contribution >= 4 is 28.7 Å². The van der Waals surface area contributed by atoms with E-state index in [1.54, 1.807) is 23.7 Å². The average molecular weight is 404 g/mol. The zero-order chi connectivity index (χ0) is 20.2. The van der Waals surface area contributed by atoms with Crippen LogP contribution in [0.3, 0.4) is 0 Å². The summed E-state index contributed by atoms with van der Waals surface area (Å²) in [6.07, 6.45) is 3.46. The van der Waals surface area contributed by atoms with Crippen molar-refractivity contribution in [3.05, 3.63) is 83.5 Å². The molecule has 0 saturated carbocycles. The van der Waals surface area contributed by atoms with E-state index in [0.29, 0.717) is 23.5 Å². The van der Waals surface area contributed by atoms with E-state index < -0.39 is 0 Å². The predicted octanol–water partition coefficient (Wildman–Crippen LogP) is 4.37. The zero-order valence-electron chi connectivity index (χ0n) is 16.2. The van der Waals surface area contributed by atoms with E-state index in [2.05, 4.69) is 10.3 Å². The lowest BCUT2D eigenvalue weighted by molar-refractivity contribution is 0.102. The molecule has 0 fully saturated rings. The molecule has 4 aromatic rings. The molecule has 146 valence electrons. The van der Waals surface area contributed by atoms with Crippen LogP contribution in [0.5, 0.6) is 0 Å². The number of anilines is 2. The summed E-state index contributed by atoms with van der Waals surface area (Å²) in [7, 11) is 3.85. The van der Waals surface area contributed by atoms with Crippen molar-refractivity contribution in [3.8, 4) is 10.6 Å². The molecule has 0 aliphatic heterocycles. The number of benzene rings is 1. The van der Waals surface area contributed by atoms with E-state index >= 15 is 0 Å². The molecule has 1 amide bonds. The first-order valence-electron chi connectivity index (χ1n) is 9.20. The van der Waals surface area contributed by atoms with Gasteiger partial charge < -0.3 is 10.2 Å². The second kappa shape index (κ2) is 8.28. The van der Waals surface area contributed by atoms with Crippen LogP contribution in [-0.4, -0.2) is 34.8 Å². The molecular weight excluding hydrogens is 382 g/mol. The number of pyridine rings is 1. The van der Waals surface area contributed by atoms with E-state index in [0.717, 1.165) is 16.3 Å². The minimum Gasteiger partial charge on any atom is -0.363 e. The molecule has 0 spiro atoms. The van der Waals surface area contributed by atoms with Gasteiger partial charge in [-0.15, -0.1) is 11.3 Å². The molecule has 3 aromatic heterocycles. The van der Waals surface area contributed by atoms with E-state index in [1.165, 1.54) is 0 Å². The number of carbonyl (C=O) groups is 1. The molecule has 7 heteroatoms. The minimum atomic E-state index is -0.202. The van der Waals surface area contributed by atoms with Crippen molar-refractivity contribution < 1.29 is 4.79 Å². The molecule has 0 saturated heterocycles. The highest BCUT2D eigenvalue weighted by Crippen LogP contribution is 2.27. The van der Waals surface area contributed by atoms with Crippen molar-refractivity contribution in [2.75, 3.05) is 24.3 Å². The maximum absolute atomic E-state index is 13.0. The second-order valence-electron chi connectivity index (χ2n) is 6.81. The van der Waals surface area contributed by atoms with Gasteiger partial charge in [0.2, 0.25) is 0 Å². The summed E-state index contributed by atoms with van der Waals surface area (Å²) in [6.45, 7) is 0.603. The molecule has 0 unspecified atom stereocenters. The number of nitrogens with one attached hydrogen (secondary N) is 1. The highest BCUT2D eigenvalue weighted by atomic mass is 32.1. The van der Waals surface area contributed by atoms with E-state index in [1.807, 2.05) is 83.7 Å². The average Bonchev–Trinajstić information content (AvgIpc) is 3.39. The van der Waals surface area contributed by atoms with Crippen molar-refractivity contribution in [2.24, 2.45) is 0 Å². The Kier molecular flexibility index (Phi) is 5.39. The Labute approximate surface area is 173 Å². The van der Waals surface area contributed by atoms with Crippen LogP contribution in [0.15, 0.2) is 72.4 Å². The first-order chi connectivity index (χ1) is 14.1. The lowest BCUT2D eigenvalue weighted by Crippen LogP contribution is -2.14. The third-order valence-corrected chi connectivity index (χ3v) is 5.29. The fourth-order valence-corrected chi connectivity index (χ4v) is 3.68. The summed E-state index contributed by atoms with van der Waals surface area (Å²) in [6, 6.07) is 17.7. The minimum absolute atomic E-state index is 0.202. The molecule has 0 atom stereocenters. The van der Waals surface area contributed by atoms with Crippen LogP contribution in [0.4, 0.5) is 11.5 Å². The Hall–Kier alpha value is -3.45. The van der Waals surface area contributed by atoms with Crippen molar-refractivity contribution in [2.45, 2.75) is 6.54 Å². The summed E-state index contributed by atoms with van der Waals surface area (Å²) < 4.78 is 1.81. The van der Waals surface area contributed by atoms with Crippen LogP contribution in [0.2, 0.25) is 0 Å². The number of hydrogen-bond donors (Lipinski definition) is 1. The standard InChI is InChI=1S/C22H21N5OS/c1-26(2)20-11-10-17(13-23-20)24-22(28)18-15-27(14-16-7-4-3-5-8-16)25-21(18)19-9-6-12-29-19/h3-13,15H,14H2,1-2H3,(H,24,28). The highest BCUT2D eigenvalue weighted by Gasteiger charge is 2.19. The summed E-state index contributed by atoms with van der Waals surface area (Å²) in [5.74, 6) is 0.630. The van der Waals surface area contributed by atoms with Crippen molar-refractivity contribution in [1.82, 2.24) is 14.8 Å². The van der Waals surface area contributed by atoms with Gasteiger partial charge in [-0.3, -0.25) is 9.48 Å². The van der Waals surface area contributed by atoms with E-state index in [4.69, 9.17) is 5.10 Å². The first-order valence-corrected chi connectivity index (χ1v) is 10.1. The molecule has 4 rings (SSSR count). The van der Waals surface area contributed by atoms with Crippen LogP contribution < -0.4 is 10.2 Å². The second-order valence-corrected chi connectivity index (χ2v) is 7.75. The Balaban J connectivity index is 1.61. The number of carbonyl (C=O) groups excluding carboxylic acids is 1. The van der Waals surface area contributed by atoms with Gasteiger partial charge in [0.05, 0.1) is 28.9 Å². The van der Waals surface area contributed by atoms with E-state index in [-0.39, 0.29) is 5.91 Å². The van der Waals surface area contributed by atoms with Gasteiger partial charge in [0.15, 0.2) is 0 Å². The predicted molar refractivity (Wildman–Crippen MR) is 118 cm³/mol. The van der Waals surface area contributed by atoms with Gasteiger partial charge in [0.25, 0.3) is 5.91 Å². The molecular formula is C22H21N5OS. The Morgan fingerprint density at radius 3 is 2.59 bits per heavy atom. The fraction of sp³-hybridized carbons (Fsp3) is 0.136. The van der Waals surface area contributed by atoms with Crippen LogP contribution >= 0.6 is 11.3 Å². The lowest BCUT2D eigenvalue weighted by Gasteiger charge is -2.11. The summed E-state index contributed by atoms with van der Waals surface area (Å²) >= 11 is 1.56. The number of thiophene rings is 1. The van der Waals surface area contributed by atoms with Crippen molar-refractivity contribution in [3.63, 3.8) is 0 Å². The summed E-state index contributed by atoms with van der Waals surface area (Å²) in [4.78, 5) is 20.2. The molecule has 6 nitrogen and oxygen atoms in total. The summed E-state index contributed by atoms with van der Waals surface area (Å²) in [5, 5.41) is 9.61. The number of amides is 1. The quantitative estimate of drug-likeness (QED) is 0.519. The van der Waals surface area contributed by atoms with Gasteiger partial charge in [-0.1, -0.05) is 36.4 Å². The SMILES string of the molecule is CN(C)c1ccc(NC(=O)c2cn(Cc3ccccc3)nc2-c2cccs2)cn1. The molecule has 0 bridgehead atoms. The molecule has 29 heavy (non-hydrogen) atoms. The van der Waals surface area contributed by atoms with Gasteiger partial charge in [-0.25, -0.2) is 4.98 Å². The molecule has 0 aliphatic carbocycles. The number of hydrogen-bond acceptors (Lipinski definition) is 5. The first kappa shape index (κ1) is 18.9. The number of aromatic nitrogens is 3. The Morgan fingerprint density at radius 1 is 1.10 bits per heavy atom. The van der Waals surface area contributed by atoms with Gasteiger partial charge in [-0.2, -0.15) is 5.10 Å². The largest absolute Gasteiger partial charge is 0.363 e. The maximum Gasteiger partial charge on any atom is 0.259 e. The van der Waals surface area contributed by atoms with Crippen LogP contribution in [0.1, 0.15) is 15.9 Å². The fourth-order valence-electron chi connectivity index (χ4n) is 2.96. The van der Waals surface area contributed by atoms with Crippen LogP contribution in [0, 0.1) is 0 Å². The number of nitrogens with zero attached hydrogens (tertiary/aromatic N) is 4. The molecule has 1 N–H and O–H groups in total. The van der Waals surface area contributed by atoms with Gasteiger partial charge in [0, 0.05) is 20.3 Å². The van der Waals surface area contributed by atoms with Crippen molar-refractivity contribution in [1.29, 1.82) is 0 Å². The Morgan fingerprint density at radius 2 is 1.93 bits per heavy atom. The van der Waals surface area contributed by atoms with Gasteiger partial charge >= 0.3 is 0 Å². The normalized spacial score (nSPS) is 10.7. The number of rotatable bonds is 6. The van der Waals surface area contributed by atoms with Crippen LogP contribution in [-0.2, 0) is 6.54 Å².